The predicted octanol–water partition coefficient (Wildman–Crippen LogP) is 3.10. The molecule has 10 heteroatoms. The van der Waals surface area contributed by atoms with Gasteiger partial charge in [0.05, 0.1) is 17.4 Å². The van der Waals surface area contributed by atoms with Crippen molar-refractivity contribution in [3.63, 3.8) is 0 Å². The Hall–Kier alpha value is -3.92. The largest absolute Gasteiger partial charge is 0.355 e. The van der Waals surface area contributed by atoms with E-state index in [1.807, 2.05) is 44.4 Å². The smallest absolute Gasteiger partial charge is 0.202 e. The molecule has 5 aromatic rings. The molecule has 1 aliphatic heterocycles. The van der Waals surface area contributed by atoms with Crippen molar-refractivity contribution in [3.05, 3.63) is 59.5 Å². The molecule has 3 aromatic heterocycles. The second kappa shape index (κ2) is 7.54. The maximum absolute atomic E-state index is 14.7. The molecule has 7 rings (SSSR count). The SMILES string of the molecule is Cc1c(-c2[nH]nc3nc(N4CC[C@@H]5[C@H](C4)[C@@]5(CN)c4ccccc4F)cnc23)ccc2c1nnn2C. The van der Waals surface area contributed by atoms with Crippen LogP contribution < -0.4 is 10.6 Å². The lowest BCUT2D eigenvalue weighted by molar-refractivity contribution is 0.533. The summed E-state index contributed by atoms with van der Waals surface area (Å²) in [6, 6.07) is 11.1. The van der Waals surface area contributed by atoms with E-state index >= 15 is 0 Å². The van der Waals surface area contributed by atoms with Crippen molar-refractivity contribution in [3.8, 4) is 11.3 Å². The van der Waals surface area contributed by atoms with E-state index in [0.717, 1.165) is 58.7 Å². The first-order valence-corrected chi connectivity index (χ1v) is 12.2. The van der Waals surface area contributed by atoms with Crippen LogP contribution in [0.2, 0.25) is 0 Å². The number of hydrogen-bond acceptors (Lipinski definition) is 7. The monoisotopic (exact) mass is 483 g/mol. The molecule has 1 aliphatic carbocycles. The second-order valence-electron chi connectivity index (χ2n) is 9.99. The van der Waals surface area contributed by atoms with E-state index in [-0.39, 0.29) is 11.2 Å². The standard InChI is InChI=1S/C26H26FN9/c1-14-15(7-8-20-22(14)32-34-35(20)2)23-24-25(33-31-23)30-21(11-29-24)36-10-9-16-18(12-36)26(16,13-28)17-5-3-4-6-19(17)27/h3-8,11,16,18H,9-10,12-13,28H2,1-2H3,(H,30,31,33)/t16-,18+,26-/m1/s1. The Balaban J connectivity index is 1.20. The second-order valence-corrected chi connectivity index (χ2v) is 9.99. The molecule has 2 fully saturated rings. The Morgan fingerprint density at radius 1 is 1.17 bits per heavy atom. The Bertz CT molecular complexity index is 1640. The zero-order chi connectivity index (χ0) is 24.6. The van der Waals surface area contributed by atoms with E-state index < -0.39 is 0 Å². The third-order valence-corrected chi connectivity index (χ3v) is 8.42. The number of piperidine rings is 1. The van der Waals surface area contributed by atoms with Gasteiger partial charge in [-0.3, -0.25) is 5.10 Å². The molecule has 3 atom stereocenters. The molecule has 0 bridgehead atoms. The van der Waals surface area contributed by atoms with E-state index in [2.05, 4.69) is 25.4 Å². The van der Waals surface area contributed by atoms with E-state index in [9.17, 15) is 4.39 Å². The normalized spacial score (nSPS) is 23.4. The summed E-state index contributed by atoms with van der Waals surface area (Å²) in [4.78, 5) is 11.8. The highest BCUT2D eigenvalue weighted by molar-refractivity contribution is 5.93. The number of rotatable bonds is 4. The molecule has 4 heterocycles. The number of nitrogens with one attached hydrogen (secondary N) is 1. The van der Waals surface area contributed by atoms with Crippen LogP contribution in [0, 0.1) is 24.6 Å². The van der Waals surface area contributed by atoms with E-state index in [1.54, 1.807) is 10.7 Å². The van der Waals surface area contributed by atoms with Gasteiger partial charge >= 0.3 is 0 Å². The average molecular weight is 484 g/mol. The number of aromatic nitrogens is 7. The van der Waals surface area contributed by atoms with E-state index in [1.165, 1.54) is 6.07 Å². The minimum Gasteiger partial charge on any atom is -0.355 e. The molecule has 36 heavy (non-hydrogen) atoms. The highest BCUT2D eigenvalue weighted by Crippen LogP contribution is 2.63. The van der Waals surface area contributed by atoms with Gasteiger partial charge in [0.25, 0.3) is 0 Å². The summed E-state index contributed by atoms with van der Waals surface area (Å²) in [6.07, 6.45) is 2.76. The molecular weight excluding hydrogens is 457 g/mol. The molecule has 0 spiro atoms. The van der Waals surface area contributed by atoms with Gasteiger partial charge in [-0.15, -0.1) is 5.10 Å². The van der Waals surface area contributed by atoms with Crippen LogP contribution in [0.1, 0.15) is 17.5 Å². The van der Waals surface area contributed by atoms with Crippen LogP contribution >= 0.6 is 0 Å². The highest BCUT2D eigenvalue weighted by atomic mass is 19.1. The number of nitrogens with zero attached hydrogens (tertiary/aromatic N) is 7. The number of anilines is 1. The molecular formula is C26H26FN9. The summed E-state index contributed by atoms with van der Waals surface area (Å²) in [5.41, 5.74) is 12.6. The molecule has 1 saturated carbocycles. The van der Waals surface area contributed by atoms with Crippen molar-refractivity contribution in [2.24, 2.45) is 24.6 Å². The van der Waals surface area contributed by atoms with Gasteiger partial charge in [0.2, 0.25) is 5.65 Å². The van der Waals surface area contributed by atoms with Crippen LogP contribution in [0.25, 0.3) is 33.5 Å². The minimum atomic E-state index is -0.298. The van der Waals surface area contributed by atoms with E-state index in [4.69, 9.17) is 15.7 Å². The van der Waals surface area contributed by atoms with Gasteiger partial charge < -0.3 is 10.6 Å². The zero-order valence-corrected chi connectivity index (χ0v) is 20.1. The summed E-state index contributed by atoms with van der Waals surface area (Å²) in [6.45, 7) is 4.08. The fraction of sp³-hybridized carbons (Fsp3) is 0.346. The Kier molecular flexibility index (Phi) is 4.47. The lowest BCUT2D eigenvalue weighted by Crippen LogP contribution is -2.32. The molecule has 2 aromatic carbocycles. The molecule has 1 saturated heterocycles. The fourth-order valence-electron chi connectivity index (χ4n) is 6.47. The molecule has 2 aliphatic rings. The van der Waals surface area contributed by atoms with Crippen molar-refractivity contribution < 1.29 is 4.39 Å². The predicted molar refractivity (Wildman–Crippen MR) is 135 cm³/mol. The number of nitrogens with two attached hydrogens (primary N) is 1. The lowest BCUT2D eigenvalue weighted by Gasteiger charge is -2.26. The molecule has 9 nitrogen and oxygen atoms in total. The van der Waals surface area contributed by atoms with Gasteiger partial charge in [-0.25, -0.2) is 19.0 Å². The zero-order valence-electron chi connectivity index (χ0n) is 20.1. The van der Waals surface area contributed by atoms with E-state index in [0.29, 0.717) is 29.5 Å². The average Bonchev–Trinajstić information content (AvgIpc) is 3.13. The molecule has 0 radical (unpaired) electrons. The molecule has 182 valence electrons. The molecule has 0 amide bonds. The van der Waals surface area contributed by atoms with Crippen molar-refractivity contribution >= 4 is 28.0 Å². The number of H-pyrrole nitrogens is 1. The van der Waals surface area contributed by atoms with Crippen molar-refractivity contribution in [1.82, 2.24) is 35.2 Å². The van der Waals surface area contributed by atoms with Crippen molar-refractivity contribution in [2.75, 3.05) is 24.5 Å². The maximum atomic E-state index is 14.7. The molecule has 0 unspecified atom stereocenters. The number of aromatic amines is 1. The summed E-state index contributed by atoms with van der Waals surface area (Å²) in [5.74, 6) is 1.31. The van der Waals surface area contributed by atoms with Crippen LogP contribution in [0.5, 0.6) is 0 Å². The van der Waals surface area contributed by atoms with Gasteiger partial charge in [-0.2, -0.15) is 5.10 Å². The lowest BCUT2D eigenvalue weighted by atomic mass is 9.91. The van der Waals surface area contributed by atoms with Gasteiger partial charge in [0, 0.05) is 37.7 Å². The van der Waals surface area contributed by atoms with Crippen molar-refractivity contribution in [1.29, 1.82) is 0 Å². The Morgan fingerprint density at radius 2 is 2.03 bits per heavy atom. The number of benzene rings is 2. The molecule has 3 N–H and O–H groups in total. The highest BCUT2D eigenvalue weighted by Gasteiger charge is 2.66. The fourth-order valence-corrected chi connectivity index (χ4v) is 6.47. The third-order valence-electron chi connectivity index (χ3n) is 8.42. The van der Waals surface area contributed by atoms with Crippen molar-refractivity contribution in [2.45, 2.75) is 18.8 Å². The van der Waals surface area contributed by atoms with Crippen LogP contribution in [0.4, 0.5) is 10.2 Å². The van der Waals surface area contributed by atoms with Gasteiger partial charge in [-0.1, -0.05) is 29.5 Å². The number of aryl methyl sites for hydroxylation is 2. The number of hydrogen-bond donors (Lipinski definition) is 2. The van der Waals surface area contributed by atoms with Crippen LogP contribution in [-0.2, 0) is 12.5 Å². The topological polar surface area (TPSA) is 114 Å². The summed E-state index contributed by atoms with van der Waals surface area (Å²) >= 11 is 0. The third kappa shape index (κ3) is 2.81. The summed E-state index contributed by atoms with van der Waals surface area (Å²) in [5, 5.41) is 16.0. The number of fused-ring (bicyclic) bond motifs is 3. The first-order chi connectivity index (χ1) is 17.5. The van der Waals surface area contributed by atoms with Crippen LogP contribution in [-0.4, -0.2) is 54.8 Å². The van der Waals surface area contributed by atoms with Crippen LogP contribution in [0.15, 0.2) is 42.6 Å². The van der Waals surface area contributed by atoms with Gasteiger partial charge in [0.1, 0.15) is 22.7 Å². The minimum absolute atomic E-state index is 0.163. The quantitative estimate of drug-likeness (QED) is 0.404. The summed E-state index contributed by atoms with van der Waals surface area (Å²) < 4.78 is 16.5. The van der Waals surface area contributed by atoms with Gasteiger partial charge in [0.15, 0.2) is 0 Å². The first kappa shape index (κ1) is 21.4. The number of halogens is 1. The maximum Gasteiger partial charge on any atom is 0.202 e. The summed E-state index contributed by atoms with van der Waals surface area (Å²) in [7, 11) is 1.88. The first-order valence-electron chi connectivity index (χ1n) is 12.2. The Morgan fingerprint density at radius 3 is 2.86 bits per heavy atom. The Labute approximate surface area is 206 Å². The van der Waals surface area contributed by atoms with Gasteiger partial charge in [-0.05, 0) is 48.4 Å². The van der Waals surface area contributed by atoms with Crippen LogP contribution in [0.3, 0.4) is 0 Å².